The minimum Gasteiger partial charge on any atom is -0.677 e. The number of phenolic OH excluding ortho intramolecular Hbond substituents is 2. The van der Waals surface area contributed by atoms with E-state index in [1.54, 1.807) is 6.07 Å². The monoisotopic (exact) mass is 412 g/mol. The number of nitrogens with one attached hydrogen (secondary N) is 1. The van der Waals surface area contributed by atoms with Gasteiger partial charge >= 0.3 is 0 Å². The molecule has 3 N–H and O–H groups in total. The van der Waals surface area contributed by atoms with Gasteiger partial charge in [0.15, 0.2) is 0 Å². The second kappa shape index (κ2) is 9.84. The van der Waals surface area contributed by atoms with Gasteiger partial charge in [0.05, 0.1) is 0 Å². The summed E-state index contributed by atoms with van der Waals surface area (Å²) in [5.74, 6) is 1.45. The third-order valence-electron chi connectivity index (χ3n) is 3.85. The minimum atomic E-state index is 0. The van der Waals surface area contributed by atoms with E-state index in [4.69, 9.17) is 5.73 Å². The average Bonchev–Trinajstić information content (AvgIpc) is 2.31. The van der Waals surface area contributed by atoms with Gasteiger partial charge in [-0.05, 0) is 49.1 Å². The first kappa shape index (κ1) is 20.0. The molecule has 0 atom stereocenters. The van der Waals surface area contributed by atoms with Gasteiger partial charge in [-0.3, -0.25) is 0 Å². The summed E-state index contributed by atoms with van der Waals surface area (Å²) in [4.78, 5) is 0. The summed E-state index contributed by atoms with van der Waals surface area (Å²) < 4.78 is 0. The third kappa shape index (κ3) is 5.71. The quantitative estimate of drug-likeness (QED) is 0.794. The van der Waals surface area contributed by atoms with E-state index >= 15 is 0 Å². The Morgan fingerprint density at radius 1 is 1.05 bits per heavy atom. The van der Waals surface area contributed by atoms with Crippen molar-refractivity contribution in [2.75, 3.05) is 6.54 Å². The van der Waals surface area contributed by atoms with E-state index in [9.17, 15) is 10.2 Å². The molecule has 0 bridgehead atoms. The topological polar surface area (TPSA) is 64.3 Å². The summed E-state index contributed by atoms with van der Waals surface area (Å²) in [6.45, 7) is 0.528. The zero-order valence-electron chi connectivity index (χ0n) is 11.2. The van der Waals surface area contributed by atoms with Gasteiger partial charge in [-0.1, -0.05) is 12.5 Å². The van der Waals surface area contributed by atoms with Crippen LogP contribution in [0.15, 0.2) is 18.2 Å². The molecule has 0 amide bonds. The van der Waals surface area contributed by atoms with Crippen molar-refractivity contribution in [3.8, 4) is 11.5 Å². The van der Waals surface area contributed by atoms with E-state index in [0.29, 0.717) is 18.4 Å². The first-order valence-electron chi connectivity index (χ1n) is 6.37. The van der Waals surface area contributed by atoms with Crippen molar-refractivity contribution >= 4 is 0 Å². The maximum absolute atomic E-state index is 9.82. The Balaban J connectivity index is 0.00000162. The van der Waals surface area contributed by atoms with Gasteiger partial charge in [-0.25, -0.2) is 0 Å². The largest absolute Gasteiger partial charge is 0.677 e. The van der Waals surface area contributed by atoms with Crippen LogP contribution in [0, 0.1) is 5.92 Å². The molecule has 0 aliphatic heterocycles. The average molecular weight is 412 g/mol. The van der Waals surface area contributed by atoms with E-state index in [1.165, 1.54) is 6.07 Å². The van der Waals surface area contributed by atoms with E-state index in [-0.39, 0.29) is 76.9 Å². The summed E-state index contributed by atoms with van der Waals surface area (Å²) in [6, 6.07) is 4.90. The molecule has 0 aromatic heterocycles. The smallest absolute Gasteiger partial charge is 0.122 e. The Morgan fingerprint density at radius 2 is 1.68 bits per heavy atom. The van der Waals surface area contributed by atoms with Crippen molar-refractivity contribution in [3.63, 3.8) is 0 Å². The number of aromatic hydroxyl groups is 2. The molecule has 1 saturated carbocycles. The van der Waals surface area contributed by atoms with E-state index < -0.39 is 0 Å². The SMILES string of the molecule is [NH-]CCC1CCC(c2ccc(O)cc2O)CC1.[Y].[Y]. The second-order valence-corrected chi connectivity index (χ2v) is 5.00. The summed E-state index contributed by atoms with van der Waals surface area (Å²) in [7, 11) is 0. The van der Waals surface area contributed by atoms with Crippen molar-refractivity contribution in [2.24, 2.45) is 5.92 Å². The van der Waals surface area contributed by atoms with Crippen LogP contribution in [-0.4, -0.2) is 16.8 Å². The van der Waals surface area contributed by atoms with Crippen molar-refractivity contribution < 1.29 is 75.6 Å². The fourth-order valence-electron chi connectivity index (χ4n) is 2.84. The van der Waals surface area contributed by atoms with Crippen LogP contribution >= 0.6 is 0 Å². The number of phenols is 2. The molecule has 1 aliphatic carbocycles. The van der Waals surface area contributed by atoms with Crippen molar-refractivity contribution in [1.82, 2.24) is 0 Å². The molecule has 1 aliphatic rings. The van der Waals surface area contributed by atoms with Gasteiger partial charge < -0.3 is 15.9 Å². The molecule has 0 spiro atoms. The van der Waals surface area contributed by atoms with Crippen LogP contribution in [0.25, 0.3) is 5.73 Å². The molecule has 19 heavy (non-hydrogen) atoms. The van der Waals surface area contributed by atoms with Gasteiger partial charge in [0.25, 0.3) is 0 Å². The minimum absolute atomic E-state index is 0. The molecule has 0 heterocycles. The fraction of sp³-hybridized carbons (Fsp3) is 0.571. The number of benzene rings is 1. The third-order valence-corrected chi connectivity index (χ3v) is 3.85. The van der Waals surface area contributed by atoms with Crippen molar-refractivity contribution in [2.45, 2.75) is 38.0 Å². The van der Waals surface area contributed by atoms with Crippen LogP contribution in [-0.2, 0) is 65.4 Å². The molecule has 2 rings (SSSR count). The maximum atomic E-state index is 9.82. The predicted molar refractivity (Wildman–Crippen MR) is 68.3 cm³/mol. The first-order chi connectivity index (χ1) is 8.20. The molecule has 0 saturated heterocycles. The van der Waals surface area contributed by atoms with Crippen molar-refractivity contribution in [1.29, 1.82) is 0 Å². The summed E-state index contributed by atoms with van der Waals surface area (Å²) in [5.41, 5.74) is 8.21. The molecule has 1 fully saturated rings. The Kier molecular flexibility index (Phi) is 10.4. The number of hydrogen-bond donors (Lipinski definition) is 2. The molecule has 1 aromatic rings. The van der Waals surface area contributed by atoms with Crippen LogP contribution in [0.5, 0.6) is 11.5 Å². The maximum Gasteiger partial charge on any atom is 0.122 e. The first-order valence-corrected chi connectivity index (χ1v) is 6.37. The van der Waals surface area contributed by atoms with Gasteiger partial charge in [-0.2, -0.15) is 6.54 Å². The fourth-order valence-corrected chi connectivity index (χ4v) is 2.84. The van der Waals surface area contributed by atoms with E-state index in [1.807, 2.05) is 6.07 Å². The molecule has 2 radical (unpaired) electrons. The van der Waals surface area contributed by atoms with E-state index in [2.05, 4.69) is 0 Å². The summed E-state index contributed by atoms with van der Waals surface area (Å²) in [6.07, 6.45) is 5.49. The summed E-state index contributed by atoms with van der Waals surface area (Å²) in [5, 5.41) is 19.1. The molecule has 3 nitrogen and oxygen atoms in total. The molecular weight excluding hydrogens is 392 g/mol. The van der Waals surface area contributed by atoms with Gasteiger partial charge in [0.2, 0.25) is 0 Å². The Morgan fingerprint density at radius 3 is 2.21 bits per heavy atom. The number of rotatable bonds is 3. The normalized spacial score (nSPS) is 22.2. The van der Waals surface area contributed by atoms with Crippen LogP contribution in [0.3, 0.4) is 0 Å². The van der Waals surface area contributed by atoms with Crippen LogP contribution in [0.4, 0.5) is 0 Å². The zero-order chi connectivity index (χ0) is 12.3. The van der Waals surface area contributed by atoms with Crippen LogP contribution in [0.1, 0.15) is 43.6 Å². The van der Waals surface area contributed by atoms with Crippen LogP contribution < -0.4 is 0 Å². The Hall–Kier alpha value is 0.988. The van der Waals surface area contributed by atoms with Gasteiger partial charge in [-0.15, -0.1) is 0 Å². The Bertz CT molecular complexity index is 380. The molecular formula is C14H20NO2Y2-. The summed E-state index contributed by atoms with van der Waals surface area (Å²) >= 11 is 0. The predicted octanol–water partition coefficient (Wildman–Crippen LogP) is 3.81. The Labute approximate surface area is 165 Å². The van der Waals surface area contributed by atoms with Crippen molar-refractivity contribution in [3.05, 3.63) is 29.5 Å². The van der Waals surface area contributed by atoms with E-state index in [0.717, 1.165) is 37.7 Å². The second-order valence-electron chi connectivity index (χ2n) is 5.00. The molecule has 1 aromatic carbocycles. The van der Waals surface area contributed by atoms with Gasteiger partial charge in [0, 0.05) is 71.5 Å². The standard InChI is InChI=1S/C14H20NO2.2Y/c15-8-7-10-1-3-11(4-2-10)13-6-5-12(16)9-14(13)17;;/h5-6,9-11,15-17H,1-4,7-8H2;;/q-1;;. The van der Waals surface area contributed by atoms with Gasteiger partial charge in [0.1, 0.15) is 11.5 Å². The zero-order valence-corrected chi connectivity index (χ0v) is 16.9. The molecule has 0 unspecified atom stereocenters. The molecule has 5 heteroatoms. The van der Waals surface area contributed by atoms with Crippen LogP contribution in [0.2, 0.25) is 0 Å². The molecule has 100 valence electrons. The number of hydrogen-bond acceptors (Lipinski definition) is 2.